The van der Waals surface area contributed by atoms with E-state index in [1.54, 1.807) is 0 Å². The lowest BCUT2D eigenvalue weighted by atomic mass is 10.0. The van der Waals surface area contributed by atoms with Crippen LogP contribution in [-0.2, 0) is 4.74 Å². The highest BCUT2D eigenvalue weighted by Gasteiger charge is 2.16. The van der Waals surface area contributed by atoms with Crippen LogP contribution in [0.2, 0.25) is 0 Å². The minimum absolute atomic E-state index is 0.0828. The molecule has 0 saturated carbocycles. The molecule has 6 nitrogen and oxygen atoms in total. The predicted octanol–water partition coefficient (Wildman–Crippen LogP) is 1.20. The molecule has 4 N–H and O–H groups in total. The van der Waals surface area contributed by atoms with Crippen LogP contribution in [0.1, 0.15) is 23.2 Å². The molecule has 1 fully saturated rings. The normalized spacial score (nSPS) is 16.4. The van der Waals surface area contributed by atoms with Gasteiger partial charge in [-0.1, -0.05) is 0 Å². The number of rotatable bonds is 4. The highest BCUT2D eigenvalue weighted by molar-refractivity contribution is 5.96. The number of hydrogen-bond acceptors (Lipinski definition) is 5. The number of carbonyl (C=O) groups is 1. The van der Waals surface area contributed by atoms with Crippen molar-refractivity contribution in [3.8, 4) is 0 Å². The van der Waals surface area contributed by atoms with Crippen LogP contribution in [-0.4, -0.2) is 35.8 Å². The lowest BCUT2D eigenvalue weighted by molar-refractivity contribution is 0.0697. The second-order valence-corrected chi connectivity index (χ2v) is 4.36. The summed E-state index contributed by atoms with van der Waals surface area (Å²) < 4.78 is 5.28. The lowest BCUT2D eigenvalue weighted by Gasteiger charge is -2.22. The minimum Gasteiger partial charge on any atom is -0.478 e. The Morgan fingerprint density at radius 2 is 2.28 bits per heavy atom. The van der Waals surface area contributed by atoms with Gasteiger partial charge in [0.2, 0.25) is 0 Å². The summed E-state index contributed by atoms with van der Waals surface area (Å²) in [6.07, 6.45) is 3.46. The zero-order chi connectivity index (χ0) is 13.0. The van der Waals surface area contributed by atoms with E-state index in [9.17, 15) is 4.79 Å². The Morgan fingerprint density at radius 3 is 2.94 bits per heavy atom. The standard InChI is InChI=1S/C12H17N3O3/c13-10-9(12(16)17)1-4-14-11(10)15-7-8-2-5-18-6-3-8/h1,4,8H,2-3,5-7,13H2,(H,14,15)(H,16,17). The molecule has 6 heteroatoms. The molecule has 98 valence electrons. The average Bonchev–Trinajstić information content (AvgIpc) is 2.38. The van der Waals surface area contributed by atoms with Gasteiger partial charge in [0.15, 0.2) is 0 Å². The van der Waals surface area contributed by atoms with Crippen LogP contribution in [0.3, 0.4) is 0 Å². The van der Waals surface area contributed by atoms with Crippen molar-refractivity contribution in [3.05, 3.63) is 17.8 Å². The van der Waals surface area contributed by atoms with E-state index in [0.717, 1.165) is 32.6 Å². The maximum absolute atomic E-state index is 10.9. The van der Waals surface area contributed by atoms with Crippen molar-refractivity contribution >= 4 is 17.5 Å². The van der Waals surface area contributed by atoms with Gasteiger partial charge in [-0.05, 0) is 24.8 Å². The highest BCUT2D eigenvalue weighted by Crippen LogP contribution is 2.21. The van der Waals surface area contributed by atoms with Gasteiger partial charge in [-0.2, -0.15) is 0 Å². The Balaban J connectivity index is 2.00. The second-order valence-electron chi connectivity index (χ2n) is 4.36. The molecule has 0 unspecified atom stereocenters. The van der Waals surface area contributed by atoms with Gasteiger partial charge in [-0.3, -0.25) is 0 Å². The van der Waals surface area contributed by atoms with Gasteiger partial charge in [0, 0.05) is 26.0 Å². The number of anilines is 2. The van der Waals surface area contributed by atoms with E-state index in [2.05, 4.69) is 10.3 Å². The number of aromatic nitrogens is 1. The maximum atomic E-state index is 10.9. The summed E-state index contributed by atoms with van der Waals surface area (Å²) in [7, 11) is 0. The number of nitrogen functional groups attached to an aromatic ring is 1. The number of carboxylic acids is 1. The lowest BCUT2D eigenvalue weighted by Crippen LogP contribution is -2.23. The van der Waals surface area contributed by atoms with Gasteiger partial charge in [0.1, 0.15) is 5.82 Å². The van der Waals surface area contributed by atoms with E-state index in [1.807, 2.05) is 0 Å². The molecule has 2 heterocycles. The summed E-state index contributed by atoms with van der Waals surface area (Å²) in [5.74, 6) is -0.0705. The van der Waals surface area contributed by atoms with Crippen molar-refractivity contribution < 1.29 is 14.6 Å². The summed E-state index contributed by atoms with van der Waals surface area (Å²) in [6.45, 7) is 2.30. The predicted molar refractivity (Wildman–Crippen MR) is 67.6 cm³/mol. The summed E-state index contributed by atoms with van der Waals surface area (Å²) in [6, 6.07) is 1.40. The molecule has 0 aliphatic carbocycles. The molecule has 2 rings (SSSR count). The third-order valence-electron chi connectivity index (χ3n) is 3.12. The monoisotopic (exact) mass is 251 g/mol. The fraction of sp³-hybridized carbons (Fsp3) is 0.500. The number of carboxylic acid groups (broad SMARTS) is 1. The van der Waals surface area contributed by atoms with E-state index in [0.29, 0.717) is 11.7 Å². The number of hydrogen-bond donors (Lipinski definition) is 3. The molecule has 1 aromatic rings. The molecule has 0 atom stereocenters. The number of nitrogens with two attached hydrogens (primary N) is 1. The largest absolute Gasteiger partial charge is 0.478 e. The van der Waals surface area contributed by atoms with Crippen molar-refractivity contribution in [2.45, 2.75) is 12.8 Å². The van der Waals surface area contributed by atoms with Gasteiger partial charge in [0.25, 0.3) is 0 Å². The summed E-state index contributed by atoms with van der Waals surface area (Å²) in [4.78, 5) is 15.0. The third-order valence-corrected chi connectivity index (χ3v) is 3.12. The fourth-order valence-corrected chi connectivity index (χ4v) is 1.99. The van der Waals surface area contributed by atoms with Crippen molar-refractivity contribution in [3.63, 3.8) is 0 Å². The molecule has 1 aliphatic heterocycles. The molecule has 0 bridgehead atoms. The average molecular weight is 251 g/mol. The number of pyridine rings is 1. The minimum atomic E-state index is -1.04. The summed E-state index contributed by atoms with van der Waals surface area (Å²) in [5, 5.41) is 12.1. The van der Waals surface area contributed by atoms with Crippen LogP contribution in [0.15, 0.2) is 12.3 Å². The van der Waals surface area contributed by atoms with Crippen LogP contribution in [0.4, 0.5) is 11.5 Å². The van der Waals surface area contributed by atoms with Crippen molar-refractivity contribution in [1.29, 1.82) is 0 Å². The topological polar surface area (TPSA) is 97.5 Å². The number of ether oxygens (including phenoxy) is 1. The van der Waals surface area contributed by atoms with Gasteiger partial charge >= 0.3 is 5.97 Å². The number of aromatic carboxylic acids is 1. The van der Waals surface area contributed by atoms with Gasteiger partial charge < -0.3 is 20.9 Å². The van der Waals surface area contributed by atoms with Crippen molar-refractivity contribution in [1.82, 2.24) is 4.98 Å². The van der Waals surface area contributed by atoms with Crippen LogP contribution < -0.4 is 11.1 Å². The zero-order valence-electron chi connectivity index (χ0n) is 10.1. The van der Waals surface area contributed by atoms with Gasteiger partial charge in [-0.15, -0.1) is 0 Å². The maximum Gasteiger partial charge on any atom is 0.337 e. The zero-order valence-corrected chi connectivity index (χ0v) is 10.1. The fourth-order valence-electron chi connectivity index (χ4n) is 1.99. The Bertz CT molecular complexity index is 431. The molecule has 1 aliphatic rings. The van der Waals surface area contributed by atoms with Crippen LogP contribution in [0.5, 0.6) is 0 Å². The summed E-state index contributed by atoms with van der Waals surface area (Å²) in [5.41, 5.74) is 6.04. The number of nitrogens with one attached hydrogen (secondary N) is 1. The smallest absolute Gasteiger partial charge is 0.337 e. The van der Waals surface area contributed by atoms with E-state index >= 15 is 0 Å². The second kappa shape index (κ2) is 5.68. The first-order valence-corrected chi connectivity index (χ1v) is 5.98. The van der Waals surface area contributed by atoms with E-state index in [4.69, 9.17) is 15.6 Å². The molecular formula is C12H17N3O3. The van der Waals surface area contributed by atoms with Gasteiger partial charge in [0.05, 0.1) is 11.3 Å². The van der Waals surface area contributed by atoms with E-state index in [1.165, 1.54) is 12.3 Å². The molecule has 1 saturated heterocycles. The van der Waals surface area contributed by atoms with Crippen LogP contribution >= 0.6 is 0 Å². The number of nitrogens with zero attached hydrogens (tertiary/aromatic N) is 1. The molecule has 1 aromatic heterocycles. The van der Waals surface area contributed by atoms with Crippen molar-refractivity contribution in [2.75, 3.05) is 30.8 Å². The van der Waals surface area contributed by atoms with E-state index in [-0.39, 0.29) is 11.3 Å². The first kappa shape index (κ1) is 12.6. The van der Waals surface area contributed by atoms with E-state index < -0.39 is 5.97 Å². The Morgan fingerprint density at radius 1 is 1.56 bits per heavy atom. The van der Waals surface area contributed by atoms with Crippen LogP contribution in [0.25, 0.3) is 0 Å². The quantitative estimate of drug-likeness (QED) is 0.744. The van der Waals surface area contributed by atoms with Crippen molar-refractivity contribution in [2.24, 2.45) is 5.92 Å². The third kappa shape index (κ3) is 2.89. The molecule has 0 aromatic carbocycles. The molecule has 0 radical (unpaired) electrons. The first-order valence-electron chi connectivity index (χ1n) is 5.98. The molecule has 18 heavy (non-hydrogen) atoms. The Labute approximate surface area is 105 Å². The first-order chi connectivity index (χ1) is 8.68. The molecule has 0 spiro atoms. The van der Waals surface area contributed by atoms with Gasteiger partial charge in [-0.25, -0.2) is 9.78 Å². The molecule has 0 amide bonds. The van der Waals surface area contributed by atoms with Crippen LogP contribution in [0, 0.1) is 5.92 Å². The Hall–Kier alpha value is -1.82. The SMILES string of the molecule is Nc1c(C(=O)O)ccnc1NCC1CCOCC1. The highest BCUT2D eigenvalue weighted by atomic mass is 16.5. The molecular weight excluding hydrogens is 234 g/mol. The summed E-state index contributed by atoms with van der Waals surface area (Å²) >= 11 is 0. The Kier molecular flexibility index (Phi) is 3.99.